The number of halogens is 1. The number of oxime groups is 2. The molecular formula is C22H26BrN3O4. The molecule has 0 aliphatic carbocycles. The average Bonchev–Trinajstić information content (AvgIpc) is 2.75. The molecule has 0 aliphatic rings. The third kappa shape index (κ3) is 5.82. The van der Waals surface area contributed by atoms with Gasteiger partial charge in [-0.15, -0.1) is 0 Å². The highest BCUT2D eigenvalue weighted by atomic mass is 79.9. The zero-order valence-corrected chi connectivity index (χ0v) is 19.4. The van der Waals surface area contributed by atoms with E-state index in [1.165, 1.54) is 7.11 Å². The number of rotatable bonds is 9. The number of hydrogen-bond donors (Lipinski definition) is 1. The number of benzene rings is 2. The summed E-state index contributed by atoms with van der Waals surface area (Å²) in [6.07, 6.45) is 0. The minimum Gasteiger partial charge on any atom is -0.489 e. The van der Waals surface area contributed by atoms with Crippen molar-refractivity contribution in [2.24, 2.45) is 10.3 Å². The third-order valence-corrected chi connectivity index (χ3v) is 4.87. The lowest BCUT2D eigenvalue weighted by Gasteiger charge is -2.15. The maximum absolute atomic E-state index is 12.2. The molecule has 1 amide bonds. The molecule has 0 saturated heterocycles. The van der Waals surface area contributed by atoms with Crippen molar-refractivity contribution in [3.05, 3.63) is 64.2 Å². The molecular weight excluding hydrogens is 450 g/mol. The number of carbonyl (C=O) groups excluding carboxylic acids is 1. The number of nitrogens with one attached hydrogen (secondary N) is 1. The van der Waals surface area contributed by atoms with Gasteiger partial charge in [0.05, 0.1) is 0 Å². The molecule has 2 aromatic rings. The normalized spacial score (nSPS) is 11.8. The summed E-state index contributed by atoms with van der Waals surface area (Å²) in [5.41, 5.74) is 4.54. The van der Waals surface area contributed by atoms with Crippen LogP contribution in [-0.4, -0.2) is 37.0 Å². The van der Waals surface area contributed by atoms with E-state index in [-0.39, 0.29) is 18.2 Å². The summed E-state index contributed by atoms with van der Waals surface area (Å²) in [5.74, 6) is 0.409. The summed E-state index contributed by atoms with van der Waals surface area (Å²) in [4.78, 5) is 22.2. The minimum absolute atomic E-state index is 0.193. The van der Waals surface area contributed by atoms with E-state index in [1.54, 1.807) is 7.05 Å². The van der Waals surface area contributed by atoms with Crippen LogP contribution >= 0.6 is 15.9 Å². The number of hydrogen-bond acceptors (Lipinski definition) is 6. The van der Waals surface area contributed by atoms with Crippen LogP contribution in [0.3, 0.4) is 0 Å². The molecule has 0 aromatic heterocycles. The standard InChI is InChI=1S/C22H26BrN3O4/c1-6-30-26-21(23)18-11-15(3)19(12-14(18)2)29-13-16-9-7-8-10-17(16)20(25-28-5)22(27)24-4/h7-12H,6,13H2,1-5H3,(H,24,27)/b25-20+,26-21?. The SMILES string of the molecule is CCON=C(Br)c1cc(C)c(OCc2ccccc2/C(=N\OC)C(=O)NC)cc1C. The van der Waals surface area contributed by atoms with Crippen LogP contribution in [0.15, 0.2) is 46.7 Å². The van der Waals surface area contributed by atoms with Gasteiger partial charge in [0.15, 0.2) is 10.3 Å². The minimum atomic E-state index is -0.334. The highest BCUT2D eigenvalue weighted by Crippen LogP contribution is 2.26. The highest BCUT2D eigenvalue weighted by Gasteiger charge is 2.18. The first-order valence-electron chi connectivity index (χ1n) is 9.44. The van der Waals surface area contributed by atoms with Gasteiger partial charge >= 0.3 is 0 Å². The predicted molar refractivity (Wildman–Crippen MR) is 121 cm³/mol. The van der Waals surface area contributed by atoms with Gasteiger partial charge in [-0.25, -0.2) is 0 Å². The van der Waals surface area contributed by atoms with Crippen LogP contribution < -0.4 is 10.1 Å². The molecule has 0 heterocycles. The maximum atomic E-state index is 12.2. The van der Waals surface area contributed by atoms with Gasteiger partial charge in [0, 0.05) is 18.2 Å². The van der Waals surface area contributed by atoms with Crippen LogP contribution in [0.4, 0.5) is 0 Å². The second-order valence-corrected chi connectivity index (χ2v) is 7.13. The molecule has 0 fully saturated rings. The van der Waals surface area contributed by atoms with Gasteiger partial charge in [0.2, 0.25) is 0 Å². The van der Waals surface area contributed by atoms with E-state index >= 15 is 0 Å². The fraction of sp³-hybridized carbons (Fsp3) is 0.318. The summed E-state index contributed by atoms with van der Waals surface area (Å²) in [5, 5.41) is 10.5. The summed E-state index contributed by atoms with van der Waals surface area (Å²) in [7, 11) is 2.95. The van der Waals surface area contributed by atoms with Crippen molar-refractivity contribution in [2.45, 2.75) is 27.4 Å². The predicted octanol–water partition coefficient (Wildman–Crippen LogP) is 4.07. The molecule has 30 heavy (non-hydrogen) atoms. The number of ether oxygens (including phenoxy) is 1. The molecule has 0 aliphatic heterocycles. The first kappa shape index (κ1) is 23.4. The Bertz CT molecular complexity index is 957. The second-order valence-electron chi connectivity index (χ2n) is 6.38. The number of aryl methyl sites for hydroxylation is 2. The van der Waals surface area contributed by atoms with E-state index in [0.717, 1.165) is 28.0 Å². The van der Waals surface area contributed by atoms with Gasteiger partial charge in [-0.05, 0) is 65.5 Å². The van der Waals surface area contributed by atoms with Gasteiger partial charge in [-0.2, -0.15) is 0 Å². The molecule has 160 valence electrons. The van der Waals surface area contributed by atoms with Gasteiger partial charge < -0.3 is 19.7 Å². The van der Waals surface area contributed by atoms with Crippen LogP contribution in [0, 0.1) is 13.8 Å². The van der Waals surface area contributed by atoms with Crippen molar-refractivity contribution < 1.29 is 19.2 Å². The summed E-state index contributed by atoms with van der Waals surface area (Å²) < 4.78 is 6.72. The van der Waals surface area contributed by atoms with Gasteiger partial charge in [-0.1, -0.05) is 34.6 Å². The number of likely N-dealkylation sites (N-methyl/N-ethyl adjacent to an activating group) is 1. The Balaban J connectivity index is 2.29. The lowest BCUT2D eigenvalue weighted by molar-refractivity contribution is -0.114. The Morgan fingerprint density at radius 1 is 1.10 bits per heavy atom. The Hall–Kier alpha value is -2.87. The fourth-order valence-corrected chi connectivity index (χ4v) is 3.32. The topological polar surface area (TPSA) is 81.5 Å². The van der Waals surface area contributed by atoms with Crippen LogP contribution in [0.2, 0.25) is 0 Å². The van der Waals surface area contributed by atoms with Crippen molar-refractivity contribution in [3.8, 4) is 5.75 Å². The van der Waals surface area contributed by atoms with Crippen molar-refractivity contribution in [1.82, 2.24) is 5.32 Å². The van der Waals surface area contributed by atoms with Crippen LogP contribution in [0.5, 0.6) is 5.75 Å². The van der Waals surface area contributed by atoms with Crippen LogP contribution in [0.25, 0.3) is 0 Å². The van der Waals surface area contributed by atoms with Crippen molar-refractivity contribution in [2.75, 3.05) is 20.8 Å². The monoisotopic (exact) mass is 475 g/mol. The molecule has 8 heteroatoms. The van der Waals surface area contributed by atoms with E-state index in [0.29, 0.717) is 16.8 Å². The molecule has 0 saturated carbocycles. The molecule has 0 bridgehead atoms. The fourth-order valence-electron chi connectivity index (χ4n) is 2.79. The van der Waals surface area contributed by atoms with E-state index < -0.39 is 0 Å². The molecule has 7 nitrogen and oxygen atoms in total. The summed E-state index contributed by atoms with van der Waals surface area (Å²) in [6, 6.07) is 11.4. The summed E-state index contributed by atoms with van der Waals surface area (Å²) >= 11 is 3.45. The van der Waals surface area contributed by atoms with E-state index in [4.69, 9.17) is 14.4 Å². The number of carbonyl (C=O) groups is 1. The lowest BCUT2D eigenvalue weighted by Crippen LogP contribution is -2.29. The Kier molecular flexibility index (Phi) is 8.86. The number of amides is 1. The highest BCUT2D eigenvalue weighted by molar-refractivity contribution is 9.18. The smallest absolute Gasteiger partial charge is 0.273 e. The molecule has 0 spiro atoms. The van der Waals surface area contributed by atoms with E-state index in [2.05, 4.69) is 31.6 Å². The van der Waals surface area contributed by atoms with Crippen molar-refractivity contribution in [3.63, 3.8) is 0 Å². The summed E-state index contributed by atoms with van der Waals surface area (Å²) in [6.45, 7) is 6.59. The van der Waals surface area contributed by atoms with Crippen LogP contribution in [-0.2, 0) is 21.1 Å². The molecule has 0 atom stereocenters. The third-order valence-electron chi connectivity index (χ3n) is 4.30. The second kappa shape index (κ2) is 11.3. The molecule has 1 N–H and O–H groups in total. The number of nitrogens with zero attached hydrogens (tertiary/aromatic N) is 2. The molecule has 2 aromatic carbocycles. The van der Waals surface area contributed by atoms with Crippen molar-refractivity contribution >= 4 is 32.2 Å². The maximum Gasteiger partial charge on any atom is 0.273 e. The lowest BCUT2D eigenvalue weighted by atomic mass is 10.0. The molecule has 0 unspecified atom stereocenters. The Morgan fingerprint density at radius 3 is 2.50 bits per heavy atom. The van der Waals surface area contributed by atoms with Gasteiger partial charge in [0.25, 0.3) is 5.91 Å². The zero-order valence-electron chi connectivity index (χ0n) is 17.8. The van der Waals surface area contributed by atoms with Crippen LogP contribution in [0.1, 0.15) is 34.7 Å². The first-order chi connectivity index (χ1) is 14.4. The first-order valence-corrected chi connectivity index (χ1v) is 10.2. The zero-order chi connectivity index (χ0) is 22.1. The van der Waals surface area contributed by atoms with E-state index in [9.17, 15) is 4.79 Å². The average molecular weight is 476 g/mol. The Labute approximate surface area is 185 Å². The molecule has 2 rings (SSSR count). The van der Waals surface area contributed by atoms with Crippen molar-refractivity contribution in [1.29, 1.82) is 0 Å². The molecule has 0 radical (unpaired) electrons. The largest absolute Gasteiger partial charge is 0.489 e. The Morgan fingerprint density at radius 2 is 1.83 bits per heavy atom. The van der Waals surface area contributed by atoms with Gasteiger partial charge in [0.1, 0.15) is 26.1 Å². The van der Waals surface area contributed by atoms with Gasteiger partial charge in [-0.3, -0.25) is 4.79 Å². The van der Waals surface area contributed by atoms with E-state index in [1.807, 2.05) is 57.2 Å². The quantitative estimate of drug-likeness (QED) is 0.437.